The van der Waals surface area contributed by atoms with Crippen molar-refractivity contribution in [3.8, 4) is 17.1 Å². The van der Waals surface area contributed by atoms with Crippen LogP contribution in [-0.2, 0) is 10.2 Å². The number of nitrogens with one attached hydrogen (secondary N) is 1. The lowest BCUT2D eigenvalue weighted by molar-refractivity contribution is -0.136. The number of aliphatic carboxylic acids is 1. The summed E-state index contributed by atoms with van der Waals surface area (Å²) in [5.41, 5.74) is 5.40. The predicted molar refractivity (Wildman–Crippen MR) is 154 cm³/mol. The van der Waals surface area contributed by atoms with Gasteiger partial charge in [-0.15, -0.1) is 0 Å². The summed E-state index contributed by atoms with van der Waals surface area (Å²) in [7, 11) is 0. The number of rotatable bonds is 12. The van der Waals surface area contributed by atoms with Crippen molar-refractivity contribution in [1.29, 1.82) is 0 Å². The number of aromatic nitrogens is 1. The summed E-state index contributed by atoms with van der Waals surface area (Å²) < 4.78 is 5.70. The molecular weight excluding hydrogens is 492 g/mol. The van der Waals surface area contributed by atoms with Crippen LogP contribution in [-0.4, -0.2) is 39.2 Å². The number of carboxylic acid groups (broad SMARTS) is 1. The first-order valence-corrected chi connectivity index (χ1v) is 13.0. The number of allylic oxidation sites excluding steroid dienone is 3. The third-order valence-corrected chi connectivity index (χ3v) is 6.57. The van der Waals surface area contributed by atoms with Crippen LogP contribution < -0.4 is 5.32 Å². The van der Waals surface area contributed by atoms with Crippen molar-refractivity contribution in [2.75, 3.05) is 6.54 Å². The van der Waals surface area contributed by atoms with Crippen molar-refractivity contribution in [3.63, 3.8) is 0 Å². The van der Waals surface area contributed by atoms with Gasteiger partial charge in [0, 0.05) is 24.1 Å². The van der Waals surface area contributed by atoms with Crippen LogP contribution in [0.5, 0.6) is 5.75 Å². The van der Waals surface area contributed by atoms with E-state index in [1.807, 2.05) is 25.1 Å². The molecule has 2 atom stereocenters. The molecule has 1 aromatic heterocycles. The SMILES string of the molecule is C=C(/C=C\C(=C/C)CC(c1ccc(C(C)(C)C)cc1)c1cc(-c2ccc(O)cc2)on1)C(O)NCCC(=O)O. The van der Waals surface area contributed by atoms with Crippen LogP contribution in [0.25, 0.3) is 11.3 Å². The van der Waals surface area contributed by atoms with Gasteiger partial charge in [0.05, 0.1) is 12.1 Å². The van der Waals surface area contributed by atoms with Gasteiger partial charge in [-0.25, -0.2) is 0 Å². The molecule has 0 saturated carbocycles. The first-order valence-electron chi connectivity index (χ1n) is 13.0. The molecule has 0 aliphatic carbocycles. The Balaban J connectivity index is 1.86. The van der Waals surface area contributed by atoms with Gasteiger partial charge in [0.2, 0.25) is 0 Å². The normalized spacial score (nSPS) is 13.9. The molecule has 1 heterocycles. The fourth-order valence-electron chi connectivity index (χ4n) is 4.09. The summed E-state index contributed by atoms with van der Waals surface area (Å²) in [6.07, 6.45) is 5.14. The molecule has 0 bridgehead atoms. The van der Waals surface area contributed by atoms with E-state index in [2.05, 4.69) is 62.1 Å². The molecule has 7 heteroatoms. The molecule has 0 saturated heterocycles. The highest BCUT2D eigenvalue weighted by Gasteiger charge is 2.22. The predicted octanol–water partition coefficient (Wildman–Crippen LogP) is 6.31. The van der Waals surface area contributed by atoms with E-state index in [9.17, 15) is 15.0 Å². The van der Waals surface area contributed by atoms with E-state index < -0.39 is 12.2 Å². The van der Waals surface area contributed by atoms with E-state index in [1.54, 1.807) is 30.3 Å². The van der Waals surface area contributed by atoms with Crippen molar-refractivity contribution >= 4 is 5.97 Å². The first-order chi connectivity index (χ1) is 18.5. The number of nitrogens with zero attached hydrogens (tertiary/aromatic N) is 1. The molecule has 0 fully saturated rings. The van der Waals surface area contributed by atoms with Crippen molar-refractivity contribution < 1.29 is 24.6 Å². The van der Waals surface area contributed by atoms with Crippen LogP contribution in [0.3, 0.4) is 0 Å². The maximum absolute atomic E-state index is 10.7. The molecule has 206 valence electrons. The molecule has 0 radical (unpaired) electrons. The minimum atomic E-state index is -1.04. The van der Waals surface area contributed by atoms with E-state index in [0.29, 0.717) is 17.8 Å². The summed E-state index contributed by atoms with van der Waals surface area (Å²) in [6.45, 7) is 12.6. The summed E-state index contributed by atoms with van der Waals surface area (Å²) in [5, 5.41) is 35.9. The van der Waals surface area contributed by atoms with Gasteiger partial charge < -0.3 is 19.8 Å². The van der Waals surface area contributed by atoms with Crippen LogP contribution >= 0.6 is 0 Å². The summed E-state index contributed by atoms with van der Waals surface area (Å²) in [6, 6.07) is 17.3. The zero-order valence-corrected chi connectivity index (χ0v) is 23.0. The van der Waals surface area contributed by atoms with Crippen LogP contribution in [0, 0.1) is 0 Å². The Kier molecular flexibility index (Phi) is 10.0. The maximum atomic E-state index is 10.7. The van der Waals surface area contributed by atoms with Gasteiger partial charge >= 0.3 is 5.97 Å². The molecule has 3 aromatic rings. The molecule has 39 heavy (non-hydrogen) atoms. The Morgan fingerprint density at radius 1 is 1.10 bits per heavy atom. The third kappa shape index (κ3) is 8.53. The largest absolute Gasteiger partial charge is 0.508 e. The van der Waals surface area contributed by atoms with Crippen molar-refractivity contribution in [2.24, 2.45) is 0 Å². The Morgan fingerprint density at radius 2 is 1.77 bits per heavy atom. The molecule has 2 aromatic carbocycles. The molecule has 2 unspecified atom stereocenters. The summed E-state index contributed by atoms with van der Waals surface area (Å²) in [5.74, 6) is -0.238. The lowest BCUT2D eigenvalue weighted by Crippen LogP contribution is -2.31. The minimum Gasteiger partial charge on any atom is -0.508 e. The first kappa shape index (κ1) is 29.6. The number of hydrogen-bond acceptors (Lipinski definition) is 6. The van der Waals surface area contributed by atoms with Gasteiger partial charge in [-0.05, 0) is 59.7 Å². The minimum absolute atomic E-state index is 0.0326. The number of carboxylic acids is 1. The number of aromatic hydroxyl groups is 1. The zero-order valence-electron chi connectivity index (χ0n) is 23.0. The lowest BCUT2D eigenvalue weighted by Gasteiger charge is -2.21. The number of carbonyl (C=O) groups is 1. The van der Waals surface area contributed by atoms with Crippen LogP contribution in [0.15, 0.2) is 95.1 Å². The Morgan fingerprint density at radius 3 is 2.36 bits per heavy atom. The van der Waals surface area contributed by atoms with Crippen molar-refractivity contribution in [2.45, 2.75) is 58.1 Å². The molecule has 0 spiro atoms. The van der Waals surface area contributed by atoms with E-state index in [-0.39, 0.29) is 30.0 Å². The Bertz CT molecular complexity index is 1310. The molecule has 0 aliphatic rings. The molecule has 0 aliphatic heterocycles. The second-order valence-electron chi connectivity index (χ2n) is 10.6. The van der Waals surface area contributed by atoms with Crippen LogP contribution in [0.2, 0.25) is 0 Å². The highest BCUT2D eigenvalue weighted by Crippen LogP contribution is 2.35. The average Bonchev–Trinajstić information content (AvgIpc) is 3.38. The van der Waals surface area contributed by atoms with E-state index in [4.69, 9.17) is 9.63 Å². The molecular formula is C32H38N2O5. The topological polar surface area (TPSA) is 116 Å². The summed E-state index contributed by atoms with van der Waals surface area (Å²) in [4.78, 5) is 10.7. The van der Waals surface area contributed by atoms with E-state index in [0.717, 1.165) is 22.4 Å². The van der Waals surface area contributed by atoms with Gasteiger partial charge in [0.25, 0.3) is 0 Å². The number of phenolic OH excluding ortho intramolecular Hbond substituents is 1. The Labute approximate surface area is 230 Å². The second-order valence-corrected chi connectivity index (χ2v) is 10.6. The van der Waals surface area contributed by atoms with Crippen LogP contribution in [0.1, 0.15) is 63.3 Å². The van der Waals surface area contributed by atoms with E-state index >= 15 is 0 Å². The number of aliphatic hydroxyl groups is 1. The van der Waals surface area contributed by atoms with Gasteiger partial charge in [-0.2, -0.15) is 0 Å². The smallest absolute Gasteiger partial charge is 0.304 e. The molecule has 0 amide bonds. The van der Waals surface area contributed by atoms with Gasteiger partial charge in [-0.1, -0.05) is 80.6 Å². The molecule has 4 N–H and O–H groups in total. The highest BCUT2D eigenvalue weighted by atomic mass is 16.5. The number of benzene rings is 2. The molecule has 7 nitrogen and oxygen atoms in total. The third-order valence-electron chi connectivity index (χ3n) is 6.57. The fraction of sp³-hybridized carbons (Fsp3) is 0.312. The van der Waals surface area contributed by atoms with Gasteiger partial charge in [-0.3, -0.25) is 10.1 Å². The number of phenols is 1. The maximum Gasteiger partial charge on any atom is 0.304 e. The van der Waals surface area contributed by atoms with E-state index in [1.165, 1.54) is 5.56 Å². The highest BCUT2D eigenvalue weighted by molar-refractivity contribution is 5.66. The zero-order chi connectivity index (χ0) is 28.6. The summed E-state index contributed by atoms with van der Waals surface area (Å²) >= 11 is 0. The van der Waals surface area contributed by atoms with Gasteiger partial charge in [0.15, 0.2) is 5.76 Å². The lowest BCUT2D eigenvalue weighted by atomic mass is 9.83. The quantitative estimate of drug-likeness (QED) is 0.160. The molecule has 3 rings (SSSR count). The number of aliphatic hydroxyl groups excluding tert-OH is 1. The number of hydrogen-bond donors (Lipinski definition) is 4. The van der Waals surface area contributed by atoms with Crippen LogP contribution in [0.4, 0.5) is 0 Å². The fourth-order valence-corrected chi connectivity index (χ4v) is 4.09. The standard InChI is InChI=1S/C32H38N2O5/c1-6-22(8-7-21(2)31(38)33-18-17-30(36)37)19-27(23-9-13-25(14-10-23)32(3,4)5)28-20-29(39-34-28)24-11-15-26(35)16-12-24/h6-16,20,27,31,33,35,38H,2,17-19H2,1,3-5H3,(H,36,37)/b8-7-,22-6+. The van der Waals surface area contributed by atoms with Gasteiger partial charge in [0.1, 0.15) is 12.0 Å². The average molecular weight is 531 g/mol. The van der Waals surface area contributed by atoms with Crippen molar-refractivity contribution in [1.82, 2.24) is 10.5 Å². The second kappa shape index (κ2) is 13.2. The monoisotopic (exact) mass is 530 g/mol. The van der Waals surface area contributed by atoms with Crippen molar-refractivity contribution in [3.05, 3.63) is 107 Å². The Hall–Kier alpha value is -3.94.